The van der Waals surface area contributed by atoms with Gasteiger partial charge in [0.05, 0.1) is 5.69 Å². The van der Waals surface area contributed by atoms with Crippen LogP contribution in [0.4, 0.5) is 10.5 Å². The Bertz CT molecular complexity index is 737. The van der Waals surface area contributed by atoms with Gasteiger partial charge in [0.2, 0.25) is 0 Å². The van der Waals surface area contributed by atoms with Crippen LogP contribution in [-0.4, -0.2) is 30.7 Å². The Balaban J connectivity index is 1.74. The Hall–Kier alpha value is -2.21. The number of nitrogens with zero attached hydrogens (tertiary/aromatic N) is 1. The smallest absolute Gasteiger partial charge is 0.322 e. The first-order valence-corrected chi connectivity index (χ1v) is 9.15. The van der Waals surface area contributed by atoms with E-state index in [0.29, 0.717) is 43.5 Å². The molecule has 1 aliphatic rings. The maximum absolute atomic E-state index is 12.7. The molecule has 0 saturated heterocycles. The van der Waals surface area contributed by atoms with Crippen LogP contribution in [-0.2, 0) is 6.54 Å². The van der Waals surface area contributed by atoms with E-state index in [2.05, 4.69) is 28.2 Å². The second kappa shape index (κ2) is 8.25. The number of rotatable bonds is 5. The van der Waals surface area contributed by atoms with Crippen LogP contribution < -0.4 is 14.8 Å². The minimum atomic E-state index is -0.136. The van der Waals surface area contributed by atoms with Crippen molar-refractivity contribution in [2.24, 2.45) is 0 Å². The van der Waals surface area contributed by atoms with E-state index >= 15 is 0 Å². The monoisotopic (exact) mass is 404 g/mol. The third-order valence-electron chi connectivity index (χ3n) is 3.87. The number of benzene rings is 2. The van der Waals surface area contributed by atoms with Crippen molar-refractivity contribution in [1.82, 2.24) is 4.90 Å². The van der Waals surface area contributed by atoms with Gasteiger partial charge in [0.15, 0.2) is 11.5 Å². The van der Waals surface area contributed by atoms with Gasteiger partial charge in [-0.25, -0.2) is 4.79 Å². The van der Waals surface area contributed by atoms with Crippen molar-refractivity contribution < 1.29 is 14.3 Å². The first-order valence-electron chi connectivity index (χ1n) is 8.36. The van der Waals surface area contributed by atoms with Gasteiger partial charge in [-0.2, -0.15) is 0 Å². The highest BCUT2D eigenvalue weighted by Crippen LogP contribution is 2.38. The highest BCUT2D eigenvalue weighted by atomic mass is 79.9. The van der Waals surface area contributed by atoms with Crippen molar-refractivity contribution in [2.45, 2.75) is 19.9 Å². The van der Waals surface area contributed by atoms with E-state index < -0.39 is 0 Å². The van der Waals surface area contributed by atoms with Crippen LogP contribution in [0.15, 0.2) is 46.9 Å². The molecule has 0 saturated carbocycles. The van der Waals surface area contributed by atoms with Crippen molar-refractivity contribution in [3.63, 3.8) is 0 Å². The van der Waals surface area contributed by atoms with Gasteiger partial charge in [0.1, 0.15) is 13.2 Å². The van der Waals surface area contributed by atoms with E-state index in [4.69, 9.17) is 9.47 Å². The molecule has 2 aromatic carbocycles. The van der Waals surface area contributed by atoms with Crippen molar-refractivity contribution in [2.75, 3.05) is 25.1 Å². The molecule has 6 heteroatoms. The molecule has 132 valence electrons. The number of nitrogens with one attached hydrogen (secondary N) is 1. The fraction of sp³-hybridized carbons (Fsp3) is 0.316. The number of amides is 2. The van der Waals surface area contributed by atoms with Crippen LogP contribution in [0.25, 0.3) is 0 Å². The molecule has 0 aromatic heterocycles. The second-order valence-electron chi connectivity index (χ2n) is 5.81. The molecular weight excluding hydrogens is 384 g/mol. The number of ether oxygens (including phenoxy) is 2. The maximum Gasteiger partial charge on any atom is 0.322 e. The van der Waals surface area contributed by atoms with Crippen LogP contribution in [0.2, 0.25) is 0 Å². The quantitative estimate of drug-likeness (QED) is 0.787. The molecule has 0 atom stereocenters. The second-order valence-corrected chi connectivity index (χ2v) is 6.67. The summed E-state index contributed by atoms with van der Waals surface area (Å²) < 4.78 is 11.9. The lowest BCUT2D eigenvalue weighted by Gasteiger charge is -2.24. The number of hydrogen-bond acceptors (Lipinski definition) is 3. The molecule has 1 aliphatic heterocycles. The van der Waals surface area contributed by atoms with E-state index in [0.717, 1.165) is 16.5 Å². The lowest BCUT2D eigenvalue weighted by molar-refractivity contribution is 0.171. The summed E-state index contributed by atoms with van der Waals surface area (Å²) in [7, 11) is 0. The Morgan fingerprint density at radius 2 is 1.84 bits per heavy atom. The number of hydrogen-bond donors (Lipinski definition) is 1. The molecule has 0 fully saturated rings. The predicted molar refractivity (Wildman–Crippen MR) is 101 cm³/mol. The van der Waals surface area contributed by atoms with E-state index in [1.54, 1.807) is 11.0 Å². The van der Waals surface area contributed by atoms with Crippen molar-refractivity contribution in [3.05, 3.63) is 52.5 Å². The standard InChI is InChI=1S/C19H21BrN2O3/c1-2-8-22(13-14-6-4-3-5-7-14)19(23)21-16-12-18-17(11-15(16)20)24-9-10-25-18/h3-7,11-12H,2,8-10,13H2,1H3,(H,21,23). The van der Waals surface area contributed by atoms with Crippen LogP contribution in [0.1, 0.15) is 18.9 Å². The fourth-order valence-electron chi connectivity index (χ4n) is 2.68. The summed E-state index contributed by atoms with van der Waals surface area (Å²) in [5, 5.41) is 2.97. The zero-order valence-corrected chi connectivity index (χ0v) is 15.7. The molecule has 3 rings (SSSR count). The number of fused-ring (bicyclic) bond motifs is 1. The van der Waals surface area contributed by atoms with Gasteiger partial charge in [-0.05, 0) is 27.9 Å². The Morgan fingerprint density at radius 1 is 1.16 bits per heavy atom. The summed E-state index contributed by atoms with van der Waals surface area (Å²) in [6.45, 7) is 4.36. The Labute approximate surface area is 156 Å². The maximum atomic E-state index is 12.7. The van der Waals surface area contributed by atoms with Gasteiger partial charge >= 0.3 is 6.03 Å². The van der Waals surface area contributed by atoms with Gasteiger partial charge in [-0.1, -0.05) is 37.3 Å². The van der Waals surface area contributed by atoms with E-state index in [-0.39, 0.29) is 6.03 Å². The molecule has 1 heterocycles. The average Bonchev–Trinajstić information content (AvgIpc) is 2.63. The third-order valence-corrected chi connectivity index (χ3v) is 4.53. The lowest BCUT2D eigenvalue weighted by Crippen LogP contribution is -2.35. The third kappa shape index (κ3) is 4.45. The number of carbonyl (C=O) groups excluding carboxylic acids is 1. The zero-order chi connectivity index (χ0) is 17.6. The molecule has 1 N–H and O–H groups in total. The van der Waals surface area contributed by atoms with Crippen LogP contribution in [0.3, 0.4) is 0 Å². The molecule has 25 heavy (non-hydrogen) atoms. The van der Waals surface area contributed by atoms with Crippen molar-refractivity contribution in [1.29, 1.82) is 0 Å². The summed E-state index contributed by atoms with van der Waals surface area (Å²) in [4.78, 5) is 14.6. The molecule has 0 bridgehead atoms. The number of carbonyl (C=O) groups is 1. The van der Waals surface area contributed by atoms with Gasteiger partial charge in [0.25, 0.3) is 0 Å². The van der Waals surface area contributed by atoms with Gasteiger partial charge in [-0.15, -0.1) is 0 Å². The molecule has 0 unspecified atom stereocenters. The summed E-state index contributed by atoms with van der Waals surface area (Å²) in [5.41, 5.74) is 1.77. The number of anilines is 1. The van der Waals surface area contributed by atoms with Gasteiger partial charge in [0, 0.05) is 29.7 Å². The number of urea groups is 1. The van der Waals surface area contributed by atoms with E-state index in [1.807, 2.05) is 36.4 Å². The first kappa shape index (κ1) is 17.6. The van der Waals surface area contributed by atoms with E-state index in [9.17, 15) is 4.79 Å². The summed E-state index contributed by atoms with van der Waals surface area (Å²) in [6.07, 6.45) is 0.891. The first-order chi connectivity index (χ1) is 12.2. The lowest BCUT2D eigenvalue weighted by atomic mass is 10.2. The average molecular weight is 405 g/mol. The topological polar surface area (TPSA) is 50.8 Å². The van der Waals surface area contributed by atoms with Crippen molar-refractivity contribution in [3.8, 4) is 11.5 Å². The molecule has 5 nitrogen and oxygen atoms in total. The Morgan fingerprint density at radius 3 is 2.52 bits per heavy atom. The molecule has 0 radical (unpaired) electrons. The van der Waals surface area contributed by atoms with Crippen LogP contribution >= 0.6 is 15.9 Å². The van der Waals surface area contributed by atoms with Gasteiger partial charge < -0.3 is 19.7 Å². The SMILES string of the molecule is CCCN(Cc1ccccc1)C(=O)Nc1cc2c(cc1Br)OCCO2. The molecule has 0 spiro atoms. The normalized spacial score (nSPS) is 12.6. The van der Waals surface area contributed by atoms with Crippen molar-refractivity contribution >= 4 is 27.6 Å². The summed E-state index contributed by atoms with van der Waals surface area (Å²) in [5.74, 6) is 1.33. The highest BCUT2D eigenvalue weighted by molar-refractivity contribution is 9.10. The summed E-state index contributed by atoms with van der Waals surface area (Å²) >= 11 is 3.49. The highest BCUT2D eigenvalue weighted by Gasteiger charge is 2.18. The Kier molecular flexibility index (Phi) is 5.81. The molecular formula is C19H21BrN2O3. The summed E-state index contributed by atoms with van der Waals surface area (Å²) in [6, 6.07) is 13.5. The minimum Gasteiger partial charge on any atom is -0.486 e. The number of halogens is 1. The van der Waals surface area contributed by atoms with E-state index in [1.165, 1.54) is 0 Å². The van der Waals surface area contributed by atoms with Crippen LogP contribution in [0.5, 0.6) is 11.5 Å². The minimum absolute atomic E-state index is 0.136. The molecule has 2 aromatic rings. The van der Waals surface area contributed by atoms with Crippen LogP contribution in [0, 0.1) is 0 Å². The molecule has 0 aliphatic carbocycles. The van der Waals surface area contributed by atoms with Gasteiger partial charge in [-0.3, -0.25) is 0 Å². The fourth-order valence-corrected chi connectivity index (χ4v) is 3.10. The largest absolute Gasteiger partial charge is 0.486 e. The zero-order valence-electron chi connectivity index (χ0n) is 14.1. The molecule has 2 amide bonds. The predicted octanol–water partition coefficient (Wildman–Crippen LogP) is 4.66.